The molecule has 130 valence electrons. The summed E-state index contributed by atoms with van der Waals surface area (Å²) in [5.74, 6) is -1.35. The van der Waals surface area contributed by atoms with E-state index in [2.05, 4.69) is 11.6 Å². The van der Waals surface area contributed by atoms with Gasteiger partial charge in [0.15, 0.2) is 11.0 Å². The van der Waals surface area contributed by atoms with E-state index in [-0.39, 0.29) is 22.6 Å². The van der Waals surface area contributed by atoms with Crippen molar-refractivity contribution in [2.24, 2.45) is 0 Å². The first kappa shape index (κ1) is 20.2. The molecule has 0 spiro atoms. The molecular formula is C17H19Cl2FN2O2. The summed E-state index contributed by atoms with van der Waals surface area (Å²) in [7, 11) is 0. The van der Waals surface area contributed by atoms with Gasteiger partial charge in [-0.3, -0.25) is 4.79 Å². The molecule has 2 heterocycles. The topological polar surface area (TPSA) is 55.1 Å². The van der Waals surface area contributed by atoms with Gasteiger partial charge in [-0.2, -0.15) is 0 Å². The quantitative estimate of drug-likeness (QED) is 0.600. The summed E-state index contributed by atoms with van der Waals surface area (Å²) in [4.78, 5) is 15.8. The highest BCUT2D eigenvalue weighted by molar-refractivity contribution is 6.36. The standard InChI is InChI=1S/C15H13Cl2FN2O2.C2H6/c1-3-5-8(4-2)7-20-10(22)6-9(21)11-13(20)12(18)15(17)19-14(11)16;1-2/h4-6,21H,2-3,7H2,1H3;1-2H3/b8-5+;. The Balaban J connectivity index is 0.00000139. The minimum absolute atomic E-state index is 0.0527. The molecule has 24 heavy (non-hydrogen) atoms. The van der Waals surface area contributed by atoms with Crippen molar-refractivity contribution in [2.45, 2.75) is 33.7 Å². The first-order chi connectivity index (χ1) is 11.4. The Morgan fingerprint density at radius 3 is 2.58 bits per heavy atom. The summed E-state index contributed by atoms with van der Waals surface area (Å²) in [5, 5.41) is 9.20. The van der Waals surface area contributed by atoms with Crippen molar-refractivity contribution < 1.29 is 9.50 Å². The summed E-state index contributed by atoms with van der Waals surface area (Å²) >= 11 is 11.6. The Kier molecular flexibility index (Phi) is 7.45. The number of nitrogens with zero attached hydrogens (tertiary/aromatic N) is 2. The highest BCUT2D eigenvalue weighted by Crippen LogP contribution is 2.33. The van der Waals surface area contributed by atoms with Gasteiger partial charge in [0.05, 0.1) is 17.4 Å². The average Bonchev–Trinajstić information content (AvgIpc) is 2.55. The van der Waals surface area contributed by atoms with Gasteiger partial charge in [0.1, 0.15) is 10.9 Å². The Bertz CT molecular complexity index is 845. The number of hydrogen-bond donors (Lipinski definition) is 1. The lowest BCUT2D eigenvalue weighted by molar-refractivity contribution is 0.478. The monoisotopic (exact) mass is 372 g/mol. The molecule has 7 heteroatoms. The fourth-order valence-corrected chi connectivity index (χ4v) is 2.66. The van der Waals surface area contributed by atoms with Crippen molar-refractivity contribution in [3.05, 3.63) is 56.8 Å². The van der Waals surface area contributed by atoms with E-state index in [1.807, 2.05) is 26.8 Å². The molecule has 0 unspecified atom stereocenters. The van der Waals surface area contributed by atoms with Gasteiger partial charge < -0.3 is 9.67 Å². The lowest BCUT2D eigenvalue weighted by Crippen LogP contribution is -2.21. The molecule has 2 aromatic heterocycles. The van der Waals surface area contributed by atoms with Crippen LogP contribution in [0.1, 0.15) is 27.2 Å². The van der Waals surface area contributed by atoms with Crippen LogP contribution in [0.5, 0.6) is 5.75 Å². The van der Waals surface area contributed by atoms with Gasteiger partial charge in [0, 0.05) is 6.07 Å². The lowest BCUT2D eigenvalue weighted by Gasteiger charge is -2.14. The fourth-order valence-electron chi connectivity index (χ4n) is 2.17. The average molecular weight is 373 g/mol. The van der Waals surface area contributed by atoms with Crippen molar-refractivity contribution in [1.29, 1.82) is 0 Å². The predicted molar refractivity (Wildman–Crippen MR) is 97.6 cm³/mol. The maximum absolute atomic E-state index is 14.4. The summed E-state index contributed by atoms with van der Waals surface area (Å²) in [6.07, 6.45) is 4.18. The third kappa shape index (κ3) is 3.97. The number of halogens is 3. The van der Waals surface area contributed by atoms with Crippen LogP contribution in [0.4, 0.5) is 4.39 Å². The molecule has 0 fully saturated rings. The van der Waals surface area contributed by atoms with E-state index in [1.54, 1.807) is 6.08 Å². The third-order valence-corrected chi connectivity index (χ3v) is 3.67. The molecule has 0 aromatic carbocycles. The van der Waals surface area contributed by atoms with Crippen LogP contribution in [0.3, 0.4) is 0 Å². The smallest absolute Gasteiger partial charge is 0.255 e. The Hall–Kier alpha value is -1.85. The third-order valence-electron chi connectivity index (χ3n) is 3.15. The van der Waals surface area contributed by atoms with Gasteiger partial charge in [-0.25, -0.2) is 9.37 Å². The normalized spacial score (nSPS) is 11.2. The second-order valence-electron chi connectivity index (χ2n) is 4.58. The van der Waals surface area contributed by atoms with E-state index in [1.165, 1.54) is 0 Å². The van der Waals surface area contributed by atoms with E-state index in [4.69, 9.17) is 23.2 Å². The number of rotatable bonds is 4. The maximum Gasteiger partial charge on any atom is 0.255 e. The maximum atomic E-state index is 14.4. The van der Waals surface area contributed by atoms with E-state index < -0.39 is 22.3 Å². The number of allylic oxidation sites excluding steroid dienone is 3. The van der Waals surface area contributed by atoms with Crippen LogP contribution in [-0.4, -0.2) is 14.7 Å². The summed E-state index contributed by atoms with van der Waals surface area (Å²) < 4.78 is 15.5. The highest BCUT2D eigenvalue weighted by atomic mass is 35.5. The fraction of sp³-hybridized carbons (Fsp3) is 0.294. The van der Waals surface area contributed by atoms with Gasteiger partial charge in [-0.1, -0.05) is 62.7 Å². The number of fused-ring (bicyclic) bond motifs is 1. The van der Waals surface area contributed by atoms with Gasteiger partial charge in [0.25, 0.3) is 5.56 Å². The van der Waals surface area contributed by atoms with E-state index in [0.717, 1.165) is 22.6 Å². The second kappa shape index (κ2) is 8.85. The number of aromatic hydroxyl groups is 1. The zero-order valence-corrected chi connectivity index (χ0v) is 15.2. The van der Waals surface area contributed by atoms with Gasteiger partial charge in [-0.05, 0) is 12.0 Å². The minimum atomic E-state index is -0.908. The molecule has 0 saturated carbocycles. The van der Waals surface area contributed by atoms with Crippen molar-refractivity contribution in [3.8, 4) is 5.75 Å². The SMILES string of the molecule is C=C/C(=C\CC)Cn1c(=O)cc(O)c2c(Cl)nc(Cl)c(F)c21.CC. The molecule has 4 nitrogen and oxygen atoms in total. The van der Waals surface area contributed by atoms with Crippen molar-refractivity contribution in [3.63, 3.8) is 0 Å². The number of aromatic nitrogens is 2. The molecule has 0 aliphatic heterocycles. The molecule has 1 N–H and O–H groups in total. The summed E-state index contributed by atoms with van der Waals surface area (Å²) in [6, 6.07) is 0.968. The molecule has 0 bridgehead atoms. The molecule has 2 rings (SSSR count). The van der Waals surface area contributed by atoms with Crippen LogP contribution in [0.15, 0.2) is 35.2 Å². The molecule has 0 aliphatic carbocycles. The molecular weight excluding hydrogens is 354 g/mol. The Morgan fingerprint density at radius 2 is 2.04 bits per heavy atom. The minimum Gasteiger partial charge on any atom is -0.507 e. The van der Waals surface area contributed by atoms with E-state index in [0.29, 0.717) is 0 Å². The molecule has 0 saturated heterocycles. The summed E-state index contributed by atoms with van der Waals surface area (Å²) in [6.45, 7) is 9.68. The van der Waals surface area contributed by atoms with Crippen molar-refractivity contribution in [2.75, 3.05) is 0 Å². The Morgan fingerprint density at radius 1 is 1.42 bits per heavy atom. The van der Waals surface area contributed by atoms with Crippen molar-refractivity contribution in [1.82, 2.24) is 9.55 Å². The van der Waals surface area contributed by atoms with Crippen molar-refractivity contribution >= 4 is 34.1 Å². The van der Waals surface area contributed by atoms with Crippen LogP contribution >= 0.6 is 23.2 Å². The zero-order valence-electron chi connectivity index (χ0n) is 13.7. The second-order valence-corrected chi connectivity index (χ2v) is 5.29. The van der Waals surface area contributed by atoms with Crippen LogP contribution < -0.4 is 5.56 Å². The molecule has 0 aliphatic rings. The largest absolute Gasteiger partial charge is 0.507 e. The lowest BCUT2D eigenvalue weighted by atomic mass is 10.2. The highest BCUT2D eigenvalue weighted by Gasteiger charge is 2.20. The predicted octanol–water partition coefficient (Wildman–Crippen LogP) is 5.10. The number of pyridine rings is 2. The van der Waals surface area contributed by atoms with Crippen LogP contribution in [0.25, 0.3) is 10.9 Å². The molecule has 2 aromatic rings. The van der Waals surface area contributed by atoms with Crippen LogP contribution in [0, 0.1) is 5.82 Å². The zero-order chi connectivity index (χ0) is 18.4. The first-order valence-electron chi connectivity index (χ1n) is 7.49. The van der Waals surface area contributed by atoms with Crippen LogP contribution in [-0.2, 0) is 6.54 Å². The van der Waals surface area contributed by atoms with E-state index >= 15 is 0 Å². The van der Waals surface area contributed by atoms with Gasteiger partial charge >= 0.3 is 0 Å². The molecule has 0 atom stereocenters. The number of hydrogen-bond acceptors (Lipinski definition) is 3. The molecule has 0 amide bonds. The first-order valence-corrected chi connectivity index (χ1v) is 8.24. The molecule has 0 radical (unpaired) electrons. The van der Waals surface area contributed by atoms with Gasteiger partial charge in [-0.15, -0.1) is 0 Å². The van der Waals surface area contributed by atoms with Crippen LogP contribution in [0.2, 0.25) is 10.3 Å². The van der Waals surface area contributed by atoms with Gasteiger partial charge in [0.2, 0.25) is 0 Å². The van der Waals surface area contributed by atoms with E-state index in [9.17, 15) is 14.3 Å². The summed E-state index contributed by atoms with van der Waals surface area (Å²) in [5.41, 5.74) is -0.0232. The Labute approximate surface area is 149 Å².